The summed E-state index contributed by atoms with van der Waals surface area (Å²) in [5.41, 5.74) is 1.65. The third-order valence-corrected chi connectivity index (χ3v) is 7.88. The molecule has 41 heavy (non-hydrogen) atoms. The summed E-state index contributed by atoms with van der Waals surface area (Å²) >= 11 is 0. The van der Waals surface area contributed by atoms with Crippen LogP contribution in [-0.4, -0.2) is 71.9 Å². The van der Waals surface area contributed by atoms with Crippen molar-refractivity contribution in [2.75, 3.05) is 26.7 Å². The Morgan fingerprint density at radius 2 is 1.85 bits per heavy atom. The van der Waals surface area contributed by atoms with Gasteiger partial charge in [0.15, 0.2) is 11.5 Å². The zero-order valence-electron chi connectivity index (χ0n) is 23.4. The number of rotatable bonds is 12. The van der Waals surface area contributed by atoms with Crippen LogP contribution in [0.3, 0.4) is 0 Å². The Morgan fingerprint density at radius 1 is 1.10 bits per heavy atom. The highest BCUT2D eigenvalue weighted by Crippen LogP contribution is 2.39. The van der Waals surface area contributed by atoms with Gasteiger partial charge in [0, 0.05) is 33.0 Å². The molecule has 1 unspecified atom stereocenters. The van der Waals surface area contributed by atoms with Gasteiger partial charge in [-0.15, -0.1) is 0 Å². The van der Waals surface area contributed by atoms with Crippen LogP contribution in [0.15, 0.2) is 36.4 Å². The summed E-state index contributed by atoms with van der Waals surface area (Å²) in [7, 11) is 1.77. The van der Waals surface area contributed by atoms with E-state index >= 15 is 0 Å². The smallest absolute Gasteiger partial charge is 0.387 e. The molecule has 1 N–H and O–H groups in total. The molecule has 11 heteroatoms. The molecule has 220 valence electrons. The minimum absolute atomic E-state index is 0.0351. The van der Waals surface area contributed by atoms with Gasteiger partial charge >= 0.3 is 6.61 Å². The van der Waals surface area contributed by atoms with Crippen LogP contribution in [-0.2, 0) is 16.1 Å². The summed E-state index contributed by atoms with van der Waals surface area (Å²) in [5.74, 6) is 0.276. The van der Waals surface area contributed by atoms with Gasteiger partial charge in [0.2, 0.25) is 11.8 Å². The zero-order valence-corrected chi connectivity index (χ0v) is 23.4. The van der Waals surface area contributed by atoms with Crippen LogP contribution in [0.1, 0.15) is 66.7 Å². The molecule has 1 aromatic heterocycles. The van der Waals surface area contributed by atoms with Gasteiger partial charge in [-0.3, -0.25) is 14.4 Å². The molecule has 5 rings (SSSR count). The quantitative estimate of drug-likeness (QED) is 0.415. The van der Waals surface area contributed by atoms with Gasteiger partial charge in [-0.1, -0.05) is 12.1 Å². The summed E-state index contributed by atoms with van der Waals surface area (Å²) < 4.78 is 36.3. The Labute approximate surface area is 238 Å². The summed E-state index contributed by atoms with van der Waals surface area (Å²) in [6.07, 6.45) is 4.74. The largest absolute Gasteiger partial charge is 0.489 e. The minimum Gasteiger partial charge on any atom is -0.489 e. The van der Waals surface area contributed by atoms with E-state index in [1.807, 2.05) is 0 Å². The van der Waals surface area contributed by atoms with Crippen LogP contribution in [0.4, 0.5) is 8.78 Å². The van der Waals surface area contributed by atoms with Crippen molar-refractivity contribution < 1.29 is 32.6 Å². The van der Waals surface area contributed by atoms with Gasteiger partial charge in [0.1, 0.15) is 11.7 Å². The standard InChI is InChI=1S/C30H36F2N4O5/c1-18(37)36-16-22(21-10-11-26(41-30(31)32)27(13-21)40-17-20-8-9-20)12-25(36)28(38)33-14-23-4-3-5-24(34-23)29(39)35(2)15-19-6-7-19/h3-5,10-11,13,19-20,22,25,30H,6-9,12,14-17H2,1-2H3,(H,33,38)/t22?,25-/m1/s1. The van der Waals surface area contributed by atoms with Crippen LogP contribution in [0.5, 0.6) is 11.5 Å². The number of pyridine rings is 1. The number of carbonyl (C=O) groups is 3. The maximum Gasteiger partial charge on any atom is 0.387 e. The molecule has 2 atom stereocenters. The predicted molar refractivity (Wildman–Crippen MR) is 146 cm³/mol. The van der Waals surface area contributed by atoms with Crippen molar-refractivity contribution in [3.8, 4) is 11.5 Å². The highest BCUT2D eigenvalue weighted by atomic mass is 19.3. The maximum atomic E-state index is 13.3. The van der Waals surface area contributed by atoms with Gasteiger partial charge in [-0.05, 0) is 73.8 Å². The van der Waals surface area contributed by atoms with E-state index in [-0.39, 0.29) is 41.7 Å². The lowest BCUT2D eigenvalue weighted by Crippen LogP contribution is -2.45. The molecular weight excluding hydrogens is 534 g/mol. The van der Waals surface area contributed by atoms with Gasteiger partial charge in [0.05, 0.1) is 18.8 Å². The SMILES string of the molecule is CC(=O)N1CC(c2ccc(OC(F)F)c(OCC3CC3)c2)C[C@@H]1C(=O)NCc1cccc(C(=O)N(C)CC2CC2)n1. The van der Waals surface area contributed by atoms with Crippen molar-refractivity contribution >= 4 is 17.7 Å². The lowest BCUT2D eigenvalue weighted by atomic mass is 9.95. The highest BCUT2D eigenvalue weighted by molar-refractivity contribution is 5.92. The van der Waals surface area contributed by atoms with Crippen LogP contribution >= 0.6 is 0 Å². The second-order valence-electron chi connectivity index (χ2n) is 11.3. The maximum absolute atomic E-state index is 13.3. The van der Waals surface area contributed by atoms with Gasteiger partial charge in [0.25, 0.3) is 5.91 Å². The van der Waals surface area contributed by atoms with E-state index < -0.39 is 12.7 Å². The Hall–Kier alpha value is -3.76. The Bertz CT molecular complexity index is 1280. The fourth-order valence-corrected chi connectivity index (χ4v) is 5.21. The first-order valence-electron chi connectivity index (χ1n) is 14.2. The number of alkyl halides is 2. The highest BCUT2D eigenvalue weighted by Gasteiger charge is 2.39. The Kier molecular flexibility index (Phi) is 8.70. The van der Waals surface area contributed by atoms with Crippen LogP contribution in [0.25, 0.3) is 0 Å². The first-order valence-corrected chi connectivity index (χ1v) is 14.2. The first kappa shape index (κ1) is 28.8. The zero-order chi connectivity index (χ0) is 29.1. The second-order valence-corrected chi connectivity index (χ2v) is 11.3. The number of hydrogen-bond donors (Lipinski definition) is 1. The van der Waals surface area contributed by atoms with Crippen LogP contribution in [0, 0.1) is 11.8 Å². The lowest BCUT2D eigenvalue weighted by molar-refractivity contribution is -0.136. The second kappa shape index (κ2) is 12.4. The number of aromatic nitrogens is 1. The molecule has 0 radical (unpaired) electrons. The molecule has 0 bridgehead atoms. The number of nitrogens with zero attached hydrogens (tertiary/aromatic N) is 3. The fourth-order valence-electron chi connectivity index (χ4n) is 5.21. The van der Waals surface area contributed by atoms with Crippen molar-refractivity contribution in [1.82, 2.24) is 20.1 Å². The number of benzene rings is 1. The molecule has 3 fully saturated rings. The summed E-state index contributed by atoms with van der Waals surface area (Å²) in [4.78, 5) is 46.1. The van der Waals surface area contributed by atoms with Crippen molar-refractivity contribution in [2.24, 2.45) is 11.8 Å². The molecule has 0 spiro atoms. The van der Waals surface area contributed by atoms with E-state index in [1.165, 1.54) is 17.9 Å². The monoisotopic (exact) mass is 570 g/mol. The van der Waals surface area contributed by atoms with Crippen molar-refractivity contribution in [3.63, 3.8) is 0 Å². The molecule has 1 aromatic carbocycles. The molecule has 2 aromatic rings. The molecule has 3 aliphatic rings. The minimum atomic E-state index is -2.98. The summed E-state index contributed by atoms with van der Waals surface area (Å²) in [5, 5.41) is 2.87. The normalized spacial score (nSPS) is 20.2. The average Bonchev–Trinajstić information content (AvgIpc) is 3.89. The molecule has 2 heterocycles. The van der Waals surface area contributed by atoms with E-state index in [9.17, 15) is 23.2 Å². The summed E-state index contributed by atoms with van der Waals surface area (Å²) in [6, 6.07) is 9.25. The number of ether oxygens (including phenoxy) is 2. The average molecular weight is 571 g/mol. The lowest BCUT2D eigenvalue weighted by Gasteiger charge is -2.22. The predicted octanol–water partition coefficient (Wildman–Crippen LogP) is 3.97. The molecule has 3 amide bonds. The Balaban J connectivity index is 1.24. The molecule has 2 saturated carbocycles. The number of carbonyl (C=O) groups excluding carboxylic acids is 3. The molecular formula is C30H36F2N4O5. The first-order chi connectivity index (χ1) is 19.7. The number of likely N-dealkylation sites (tertiary alicyclic amines) is 1. The number of halogens is 2. The number of hydrogen-bond acceptors (Lipinski definition) is 6. The summed E-state index contributed by atoms with van der Waals surface area (Å²) in [6.45, 7) is -0.00909. The molecule has 1 aliphatic heterocycles. The van der Waals surface area contributed by atoms with E-state index in [1.54, 1.807) is 42.3 Å². The van der Waals surface area contributed by atoms with Crippen LogP contribution in [0.2, 0.25) is 0 Å². The van der Waals surface area contributed by atoms with Gasteiger partial charge < -0.3 is 24.6 Å². The molecule has 1 saturated heterocycles. The van der Waals surface area contributed by atoms with E-state index in [4.69, 9.17) is 4.74 Å². The van der Waals surface area contributed by atoms with Gasteiger partial charge in [-0.25, -0.2) is 4.98 Å². The van der Waals surface area contributed by atoms with E-state index in [2.05, 4.69) is 15.0 Å². The third-order valence-electron chi connectivity index (χ3n) is 7.88. The van der Waals surface area contributed by atoms with Gasteiger partial charge in [-0.2, -0.15) is 8.78 Å². The topological polar surface area (TPSA) is 101 Å². The van der Waals surface area contributed by atoms with Crippen molar-refractivity contribution in [1.29, 1.82) is 0 Å². The van der Waals surface area contributed by atoms with Crippen LogP contribution < -0.4 is 14.8 Å². The van der Waals surface area contributed by atoms with Crippen molar-refractivity contribution in [3.05, 3.63) is 53.3 Å². The third kappa shape index (κ3) is 7.51. The van der Waals surface area contributed by atoms with E-state index in [0.717, 1.165) is 31.2 Å². The number of amides is 3. The fraction of sp³-hybridized carbons (Fsp3) is 0.533. The molecule has 2 aliphatic carbocycles. The molecule has 9 nitrogen and oxygen atoms in total. The van der Waals surface area contributed by atoms with Crippen molar-refractivity contribution in [2.45, 2.75) is 64.1 Å². The Morgan fingerprint density at radius 3 is 2.54 bits per heavy atom. The van der Waals surface area contributed by atoms with E-state index in [0.29, 0.717) is 49.3 Å². The number of nitrogens with one attached hydrogen (secondary N) is 1.